The second-order valence-corrected chi connectivity index (χ2v) is 10.3. The average Bonchev–Trinajstić information content (AvgIpc) is 3.02. The first kappa shape index (κ1) is 28.7. The number of carbonyl (C=O) groups is 1. The van der Waals surface area contributed by atoms with Crippen LogP contribution in [0.2, 0.25) is 0 Å². The summed E-state index contributed by atoms with van der Waals surface area (Å²) >= 11 is 0. The normalized spacial score (nSPS) is 23.1. The predicted octanol–water partition coefficient (Wildman–Crippen LogP) is 4.32. The predicted molar refractivity (Wildman–Crippen MR) is 155 cm³/mol. The Bertz CT molecular complexity index is 1280. The number of hydrogen-bond acceptors (Lipinski definition) is 9. The summed E-state index contributed by atoms with van der Waals surface area (Å²) < 4.78 is 18.3. The molecule has 2 aromatic carbocycles. The third kappa shape index (κ3) is 7.28. The maximum atomic E-state index is 12.1. The number of nitrogens with one attached hydrogen (secondary N) is 1. The zero-order valence-electron chi connectivity index (χ0n) is 23.3. The summed E-state index contributed by atoms with van der Waals surface area (Å²) in [5.74, 6) is 0.827. The van der Waals surface area contributed by atoms with Crippen molar-refractivity contribution in [3.8, 4) is 0 Å². The molecule has 2 saturated heterocycles. The largest absolute Gasteiger partial charge is 0.445 e. The highest BCUT2D eigenvalue weighted by atomic mass is 16.7. The number of aliphatic hydroxyl groups is 1. The first-order valence-corrected chi connectivity index (χ1v) is 13.9. The van der Waals surface area contributed by atoms with Gasteiger partial charge in [-0.05, 0) is 29.3 Å². The number of nitrogens with zero attached hydrogens (tertiary/aromatic N) is 4. The minimum atomic E-state index is -0.635. The van der Waals surface area contributed by atoms with Gasteiger partial charge < -0.3 is 24.2 Å². The van der Waals surface area contributed by atoms with E-state index in [1.54, 1.807) is 18.5 Å². The van der Waals surface area contributed by atoms with E-state index in [4.69, 9.17) is 14.2 Å². The Morgan fingerprint density at radius 2 is 1.83 bits per heavy atom. The lowest BCUT2D eigenvalue weighted by molar-refractivity contribution is -0.276. The maximum absolute atomic E-state index is 12.1. The van der Waals surface area contributed by atoms with Crippen LogP contribution in [-0.4, -0.2) is 71.5 Å². The molecule has 2 N–H and O–H groups in total. The summed E-state index contributed by atoms with van der Waals surface area (Å²) in [6, 6.07) is 17.1. The van der Waals surface area contributed by atoms with Crippen LogP contribution >= 0.6 is 0 Å². The van der Waals surface area contributed by atoms with Crippen LogP contribution in [0, 0.1) is 5.92 Å². The Hall–Kier alpha value is -3.83. The third-order valence-electron chi connectivity index (χ3n) is 7.51. The van der Waals surface area contributed by atoms with E-state index in [0.717, 1.165) is 55.4 Å². The van der Waals surface area contributed by atoms with Crippen molar-refractivity contribution in [3.05, 3.63) is 96.3 Å². The lowest BCUT2D eigenvalue weighted by Crippen LogP contribution is -2.51. The monoisotopic (exact) mass is 559 g/mol. The Morgan fingerprint density at radius 1 is 1.07 bits per heavy atom. The number of aliphatic hydroxyl groups excluding tert-OH is 1. The molecule has 1 aromatic heterocycles. The van der Waals surface area contributed by atoms with Crippen LogP contribution in [0.5, 0.6) is 0 Å². The summed E-state index contributed by atoms with van der Waals surface area (Å²) in [4.78, 5) is 25.5. The van der Waals surface area contributed by atoms with Crippen molar-refractivity contribution in [1.82, 2.24) is 14.9 Å². The Kier molecular flexibility index (Phi) is 9.58. The molecule has 2 fully saturated rings. The lowest BCUT2D eigenvalue weighted by atomic mass is 9.90. The highest BCUT2D eigenvalue weighted by Crippen LogP contribution is 2.42. The Morgan fingerprint density at radius 3 is 2.54 bits per heavy atom. The molecule has 0 bridgehead atoms. The molecular formula is C31H37N5O5. The summed E-state index contributed by atoms with van der Waals surface area (Å²) in [6.45, 7) is 10.0. The number of piperazine rings is 1. The van der Waals surface area contributed by atoms with Gasteiger partial charge in [-0.1, -0.05) is 56.0 Å². The van der Waals surface area contributed by atoms with Gasteiger partial charge in [0.25, 0.3) is 0 Å². The van der Waals surface area contributed by atoms with Gasteiger partial charge in [-0.15, -0.1) is 0 Å². The number of benzene rings is 2. The molecule has 2 aliphatic rings. The van der Waals surface area contributed by atoms with Crippen LogP contribution in [0.15, 0.2) is 79.6 Å². The maximum Gasteiger partial charge on any atom is 0.411 e. The van der Waals surface area contributed by atoms with Crippen LogP contribution in [0.4, 0.5) is 16.4 Å². The van der Waals surface area contributed by atoms with Gasteiger partial charge in [-0.2, -0.15) is 0 Å². The average molecular weight is 560 g/mol. The smallest absolute Gasteiger partial charge is 0.411 e. The molecule has 4 atom stereocenters. The molecule has 2 aliphatic heterocycles. The van der Waals surface area contributed by atoms with Gasteiger partial charge in [-0.25, -0.2) is 14.8 Å². The van der Waals surface area contributed by atoms with Gasteiger partial charge in [0.1, 0.15) is 6.61 Å². The second-order valence-electron chi connectivity index (χ2n) is 10.3. The number of carbonyl (C=O) groups excluding carboxylic acids is 1. The van der Waals surface area contributed by atoms with Crippen molar-refractivity contribution in [2.24, 2.45) is 5.92 Å². The van der Waals surface area contributed by atoms with Gasteiger partial charge in [0.2, 0.25) is 5.95 Å². The van der Waals surface area contributed by atoms with Crippen molar-refractivity contribution in [2.45, 2.75) is 32.0 Å². The molecule has 0 radical (unpaired) electrons. The van der Waals surface area contributed by atoms with E-state index in [1.165, 1.54) is 6.08 Å². The van der Waals surface area contributed by atoms with E-state index < -0.39 is 12.4 Å². The third-order valence-corrected chi connectivity index (χ3v) is 7.51. The van der Waals surface area contributed by atoms with Crippen molar-refractivity contribution in [2.75, 3.05) is 49.5 Å². The molecule has 41 heavy (non-hydrogen) atoms. The molecule has 10 heteroatoms. The Labute approximate surface area is 240 Å². The quantitative estimate of drug-likeness (QED) is 0.371. The summed E-state index contributed by atoms with van der Waals surface area (Å²) in [5, 5.41) is 12.3. The topological polar surface area (TPSA) is 109 Å². The van der Waals surface area contributed by atoms with E-state index >= 15 is 0 Å². The van der Waals surface area contributed by atoms with Crippen molar-refractivity contribution < 1.29 is 24.1 Å². The van der Waals surface area contributed by atoms with Gasteiger partial charge >= 0.3 is 6.09 Å². The minimum absolute atomic E-state index is 0.00918. The van der Waals surface area contributed by atoms with E-state index in [2.05, 4.69) is 38.6 Å². The van der Waals surface area contributed by atoms with Crippen LogP contribution in [-0.2, 0) is 20.8 Å². The van der Waals surface area contributed by atoms with Gasteiger partial charge in [0.15, 0.2) is 6.29 Å². The van der Waals surface area contributed by atoms with Crippen LogP contribution in [0.1, 0.15) is 36.0 Å². The molecule has 0 saturated carbocycles. The molecular weight excluding hydrogens is 522 g/mol. The summed E-state index contributed by atoms with van der Waals surface area (Å²) in [5.41, 5.74) is 3.26. The molecule has 5 rings (SSSR count). The number of ether oxygens (including phenoxy) is 3. The molecule has 0 spiro atoms. The molecule has 3 aromatic rings. The lowest BCUT2D eigenvalue weighted by Gasteiger charge is -2.44. The summed E-state index contributed by atoms with van der Waals surface area (Å²) in [7, 11) is 0. The first-order valence-electron chi connectivity index (χ1n) is 13.9. The first-order chi connectivity index (χ1) is 20.0. The van der Waals surface area contributed by atoms with Crippen LogP contribution < -0.4 is 10.2 Å². The number of anilines is 2. The van der Waals surface area contributed by atoms with E-state index in [0.29, 0.717) is 5.69 Å². The fourth-order valence-corrected chi connectivity index (χ4v) is 5.22. The molecule has 3 heterocycles. The standard InChI is InChI=1S/C31H37N5O5/c1-3-18-39-31(38)34-26-7-4-6-25(19-26)29-40-27(22(2)28(41-29)24-10-8-23(21-37)9-11-24)20-35-14-16-36(17-15-35)30-32-12-5-13-33-30/h3-13,19,22,27-29,37H,1,14-18,20-21H2,2H3,(H,34,38)/t22-,27+,28+,29+/m1/s1. The van der Waals surface area contributed by atoms with E-state index in [-0.39, 0.29) is 31.3 Å². The minimum Gasteiger partial charge on any atom is -0.445 e. The highest BCUT2D eigenvalue weighted by molar-refractivity contribution is 5.84. The fourth-order valence-electron chi connectivity index (χ4n) is 5.22. The van der Waals surface area contributed by atoms with Gasteiger partial charge in [0.05, 0.1) is 18.8 Å². The van der Waals surface area contributed by atoms with E-state index in [1.807, 2.05) is 48.5 Å². The van der Waals surface area contributed by atoms with Crippen molar-refractivity contribution in [1.29, 1.82) is 0 Å². The van der Waals surface area contributed by atoms with Crippen molar-refractivity contribution in [3.63, 3.8) is 0 Å². The Balaban J connectivity index is 1.32. The van der Waals surface area contributed by atoms with Crippen LogP contribution in [0.25, 0.3) is 0 Å². The summed E-state index contributed by atoms with van der Waals surface area (Å²) in [6.07, 6.45) is 3.54. The van der Waals surface area contributed by atoms with Crippen LogP contribution in [0.3, 0.4) is 0 Å². The number of amides is 1. The number of rotatable bonds is 9. The SMILES string of the molecule is C=CCOC(=O)Nc1cccc([C@H]2O[C@@H](CN3CCN(c4ncccn4)CC3)[C@@H](C)[C@@H](c3ccc(CO)cc3)O2)c1. The molecule has 1 amide bonds. The zero-order chi connectivity index (χ0) is 28.6. The number of hydrogen-bond donors (Lipinski definition) is 2. The molecule has 0 aliphatic carbocycles. The molecule has 10 nitrogen and oxygen atoms in total. The van der Waals surface area contributed by atoms with E-state index in [9.17, 15) is 9.90 Å². The van der Waals surface area contributed by atoms with Gasteiger partial charge in [-0.3, -0.25) is 10.2 Å². The molecule has 0 unspecified atom stereocenters. The number of aromatic nitrogens is 2. The van der Waals surface area contributed by atoms with Crippen molar-refractivity contribution >= 4 is 17.7 Å². The second kappa shape index (κ2) is 13.7. The van der Waals surface area contributed by atoms with Gasteiger partial charge in [0, 0.05) is 62.3 Å². The highest BCUT2D eigenvalue weighted by Gasteiger charge is 2.39. The zero-order valence-corrected chi connectivity index (χ0v) is 23.3. The fraction of sp³-hybridized carbons (Fsp3) is 0.387. The molecule has 216 valence electrons.